The number of rotatable bonds is 5. The lowest BCUT2D eigenvalue weighted by atomic mass is 10.0. The number of hydrogen-bond acceptors (Lipinski definition) is 4. The van der Waals surface area contributed by atoms with Gasteiger partial charge in [0.05, 0.1) is 5.92 Å². The zero-order valence-corrected chi connectivity index (χ0v) is 16.8. The molecular weight excluding hydrogens is 354 g/mol. The lowest BCUT2D eigenvalue weighted by Crippen LogP contribution is -2.29. The third-order valence-corrected chi connectivity index (χ3v) is 5.46. The number of nitrogens with zero attached hydrogens (tertiary/aromatic N) is 2. The first kappa shape index (κ1) is 19.7. The van der Waals surface area contributed by atoms with Gasteiger partial charge in [0, 0.05) is 24.2 Å². The van der Waals surface area contributed by atoms with Crippen LogP contribution in [0.1, 0.15) is 48.3 Å². The maximum Gasteiger partial charge on any atom is 0.232 e. The van der Waals surface area contributed by atoms with Crippen molar-refractivity contribution in [1.29, 1.82) is 5.26 Å². The number of aryl methyl sites for hydroxylation is 3. The van der Waals surface area contributed by atoms with E-state index >= 15 is 0 Å². The van der Waals surface area contributed by atoms with E-state index in [-0.39, 0.29) is 24.1 Å². The molecule has 6 heteroatoms. The van der Waals surface area contributed by atoms with Gasteiger partial charge in [0.15, 0.2) is 0 Å². The molecule has 1 aliphatic heterocycles. The van der Waals surface area contributed by atoms with Crippen molar-refractivity contribution in [3.63, 3.8) is 0 Å². The second kappa shape index (κ2) is 7.89. The van der Waals surface area contributed by atoms with E-state index in [2.05, 4.69) is 25.2 Å². The minimum atomic E-state index is -0.487. The highest BCUT2D eigenvalue weighted by molar-refractivity contribution is 6.04. The van der Waals surface area contributed by atoms with E-state index in [1.54, 1.807) is 18.7 Å². The normalized spacial score (nSPS) is 16.3. The van der Waals surface area contributed by atoms with Gasteiger partial charge in [-0.05, 0) is 37.8 Å². The van der Waals surface area contributed by atoms with Crippen molar-refractivity contribution in [2.75, 3.05) is 16.8 Å². The molecule has 1 aliphatic rings. The van der Waals surface area contributed by atoms with E-state index in [0.717, 1.165) is 29.7 Å². The zero-order chi connectivity index (χ0) is 20.4. The van der Waals surface area contributed by atoms with Gasteiger partial charge in [-0.3, -0.25) is 14.9 Å². The second-order valence-corrected chi connectivity index (χ2v) is 7.13. The van der Waals surface area contributed by atoms with Gasteiger partial charge >= 0.3 is 0 Å². The largest absolute Gasteiger partial charge is 0.444 e. The Labute approximate surface area is 165 Å². The molecule has 0 bridgehead atoms. The van der Waals surface area contributed by atoms with E-state index in [1.807, 2.05) is 18.2 Å². The van der Waals surface area contributed by atoms with Crippen LogP contribution in [0.2, 0.25) is 0 Å². The van der Waals surface area contributed by atoms with Crippen LogP contribution in [0, 0.1) is 31.1 Å². The highest BCUT2D eigenvalue weighted by Gasteiger charge is 2.37. The molecule has 6 nitrogen and oxygen atoms in total. The van der Waals surface area contributed by atoms with Crippen LogP contribution >= 0.6 is 0 Å². The number of carbonyl (C=O) groups is 2. The predicted octanol–water partition coefficient (Wildman–Crippen LogP) is 3.88. The molecule has 1 saturated heterocycles. The van der Waals surface area contributed by atoms with Crippen molar-refractivity contribution in [3.05, 3.63) is 46.2 Å². The lowest BCUT2D eigenvalue weighted by molar-refractivity contribution is -0.122. The Kier molecular flexibility index (Phi) is 5.55. The molecule has 1 aromatic carbocycles. The first-order valence-electron chi connectivity index (χ1n) is 9.63. The van der Waals surface area contributed by atoms with Crippen LogP contribution in [-0.2, 0) is 22.4 Å². The molecule has 0 spiro atoms. The second-order valence-electron chi connectivity index (χ2n) is 7.13. The van der Waals surface area contributed by atoms with E-state index in [0.29, 0.717) is 23.4 Å². The number of nitriles is 1. The monoisotopic (exact) mass is 379 g/mol. The third kappa shape index (κ3) is 3.40. The van der Waals surface area contributed by atoms with Crippen LogP contribution in [0.15, 0.2) is 22.6 Å². The number of benzene rings is 1. The molecule has 1 aromatic heterocycles. The Hall–Kier alpha value is -3.07. The number of hydrogen-bond donors (Lipinski definition) is 1. The van der Waals surface area contributed by atoms with E-state index in [1.165, 1.54) is 0 Å². The maximum atomic E-state index is 12.8. The van der Waals surface area contributed by atoms with Gasteiger partial charge in [0.25, 0.3) is 0 Å². The Bertz CT molecular complexity index is 946. The van der Waals surface area contributed by atoms with Crippen LogP contribution in [0.3, 0.4) is 0 Å². The first-order valence-corrected chi connectivity index (χ1v) is 9.63. The maximum absolute atomic E-state index is 12.8. The van der Waals surface area contributed by atoms with Crippen LogP contribution in [0.4, 0.5) is 11.6 Å². The summed E-state index contributed by atoms with van der Waals surface area (Å²) in [4.78, 5) is 27.2. The molecule has 146 valence electrons. The number of furan rings is 1. The molecule has 28 heavy (non-hydrogen) atoms. The number of anilines is 2. The number of nitrogens with one attached hydrogen (secondary N) is 1. The van der Waals surface area contributed by atoms with Crippen molar-refractivity contribution < 1.29 is 14.0 Å². The Morgan fingerprint density at radius 2 is 1.93 bits per heavy atom. The van der Waals surface area contributed by atoms with Gasteiger partial charge in [0.1, 0.15) is 17.4 Å². The summed E-state index contributed by atoms with van der Waals surface area (Å²) in [5, 5.41) is 12.0. The van der Waals surface area contributed by atoms with Crippen LogP contribution in [-0.4, -0.2) is 18.4 Å². The van der Waals surface area contributed by atoms with Gasteiger partial charge in [-0.15, -0.1) is 0 Å². The topological polar surface area (TPSA) is 86.3 Å². The molecule has 2 aromatic rings. The van der Waals surface area contributed by atoms with Crippen LogP contribution < -0.4 is 10.2 Å². The molecule has 0 saturated carbocycles. The smallest absolute Gasteiger partial charge is 0.232 e. The van der Waals surface area contributed by atoms with Gasteiger partial charge in [0.2, 0.25) is 17.7 Å². The third-order valence-electron chi connectivity index (χ3n) is 5.46. The van der Waals surface area contributed by atoms with Crippen molar-refractivity contribution in [3.8, 4) is 6.07 Å². The van der Waals surface area contributed by atoms with Crippen molar-refractivity contribution in [1.82, 2.24) is 0 Å². The van der Waals surface area contributed by atoms with Crippen molar-refractivity contribution >= 4 is 23.4 Å². The summed E-state index contributed by atoms with van der Waals surface area (Å²) in [6, 6.07) is 8.14. The fourth-order valence-corrected chi connectivity index (χ4v) is 3.72. The lowest BCUT2D eigenvalue weighted by Gasteiger charge is -2.23. The number of amides is 2. The molecule has 2 heterocycles. The van der Waals surface area contributed by atoms with Gasteiger partial charge in [-0.2, -0.15) is 5.26 Å². The molecular formula is C22H25N3O3. The summed E-state index contributed by atoms with van der Waals surface area (Å²) in [6.07, 6.45) is 1.79. The highest BCUT2D eigenvalue weighted by atomic mass is 16.4. The molecule has 1 fully saturated rings. The van der Waals surface area contributed by atoms with Crippen molar-refractivity contribution in [2.45, 2.75) is 47.0 Å². The van der Waals surface area contributed by atoms with Gasteiger partial charge in [-0.1, -0.05) is 32.0 Å². The van der Waals surface area contributed by atoms with Gasteiger partial charge in [-0.25, -0.2) is 0 Å². The zero-order valence-electron chi connectivity index (χ0n) is 16.8. The summed E-state index contributed by atoms with van der Waals surface area (Å²) in [7, 11) is 0. The molecule has 2 amide bonds. The van der Waals surface area contributed by atoms with E-state index in [4.69, 9.17) is 4.42 Å². The summed E-state index contributed by atoms with van der Waals surface area (Å²) in [5.74, 6) is -0.0763. The fourth-order valence-electron chi connectivity index (χ4n) is 3.72. The number of para-hydroxylation sites is 1. The molecule has 1 atom stereocenters. The van der Waals surface area contributed by atoms with E-state index in [9.17, 15) is 14.9 Å². The summed E-state index contributed by atoms with van der Waals surface area (Å²) >= 11 is 0. The average Bonchev–Trinajstić information content (AvgIpc) is 3.20. The molecule has 1 unspecified atom stereocenters. The Morgan fingerprint density at radius 1 is 1.29 bits per heavy atom. The standard InChI is InChI=1S/C22H25N3O3/c1-5-15-8-7-9-16(6-2)20(15)25-12-17(10-19(25)26)21(27)24-22-18(11-23)13(3)14(4)28-22/h7-9,17H,5-6,10,12H2,1-4H3,(H,24,27). The Balaban J connectivity index is 1.83. The fraction of sp³-hybridized carbons (Fsp3) is 0.409. The predicted molar refractivity (Wildman–Crippen MR) is 107 cm³/mol. The number of carbonyl (C=O) groups excluding carboxylic acids is 2. The Morgan fingerprint density at radius 3 is 2.50 bits per heavy atom. The highest BCUT2D eigenvalue weighted by Crippen LogP contribution is 2.33. The van der Waals surface area contributed by atoms with Crippen molar-refractivity contribution in [2.24, 2.45) is 5.92 Å². The van der Waals surface area contributed by atoms with Crippen LogP contribution in [0.5, 0.6) is 0 Å². The molecule has 0 aliphatic carbocycles. The van der Waals surface area contributed by atoms with E-state index < -0.39 is 5.92 Å². The minimum absolute atomic E-state index is 0.0527. The average molecular weight is 379 g/mol. The molecule has 0 radical (unpaired) electrons. The molecule has 3 rings (SSSR count). The minimum Gasteiger partial charge on any atom is -0.444 e. The first-order chi connectivity index (χ1) is 13.4. The SMILES string of the molecule is CCc1cccc(CC)c1N1CC(C(=O)Nc2oc(C)c(C)c2C#N)CC1=O. The summed E-state index contributed by atoms with van der Waals surface area (Å²) < 4.78 is 5.52. The van der Waals surface area contributed by atoms with Gasteiger partial charge < -0.3 is 9.32 Å². The quantitative estimate of drug-likeness (QED) is 0.854. The summed E-state index contributed by atoms with van der Waals surface area (Å²) in [6.45, 7) is 7.99. The summed E-state index contributed by atoms with van der Waals surface area (Å²) in [5.41, 5.74) is 4.20. The molecule has 1 N–H and O–H groups in total. The van der Waals surface area contributed by atoms with Crippen LogP contribution in [0.25, 0.3) is 0 Å².